The van der Waals surface area contributed by atoms with Crippen LogP contribution in [0.5, 0.6) is 5.75 Å². The maximum atomic E-state index is 9.50. The van der Waals surface area contributed by atoms with Gasteiger partial charge in [-0.2, -0.15) is 0 Å². The molecule has 1 heterocycles. The molecule has 1 saturated heterocycles. The van der Waals surface area contributed by atoms with E-state index >= 15 is 0 Å². The molecule has 0 spiro atoms. The third-order valence-corrected chi connectivity index (χ3v) is 5.22. The Morgan fingerprint density at radius 2 is 2.00 bits per heavy atom. The van der Waals surface area contributed by atoms with E-state index in [0.717, 1.165) is 59.0 Å². The molecule has 0 radical (unpaired) electrons. The van der Waals surface area contributed by atoms with Crippen LogP contribution in [-0.4, -0.2) is 24.7 Å². The molecular formula is C19H22BrClN2O2. The van der Waals surface area contributed by atoms with Crippen LogP contribution in [0.1, 0.15) is 16.7 Å². The molecule has 0 aliphatic carbocycles. The van der Waals surface area contributed by atoms with Crippen molar-refractivity contribution in [3.63, 3.8) is 0 Å². The molecular weight excluding hydrogens is 404 g/mol. The molecule has 1 aliphatic heterocycles. The fourth-order valence-corrected chi connectivity index (χ4v) is 3.52. The predicted octanol–water partition coefficient (Wildman–Crippen LogP) is 3.48. The second-order valence-electron chi connectivity index (χ2n) is 6.32. The van der Waals surface area contributed by atoms with Crippen molar-refractivity contribution in [2.45, 2.75) is 19.8 Å². The van der Waals surface area contributed by atoms with Gasteiger partial charge in [-0.3, -0.25) is 0 Å². The van der Waals surface area contributed by atoms with E-state index in [4.69, 9.17) is 16.3 Å². The zero-order chi connectivity index (χ0) is 17.6. The molecule has 3 N–H and O–H groups in total. The van der Waals surface area contributed by atoms with E-state index in [2.05, 4.69) is 26.6 Å². The summed E-state index contributed by atoms with van der Waals surface area (Å²) in [6.45, 7) is 4.40. The fourth-order valence-electron chi connectivity index (χ4n) is 2.72. The molecule has 25 heavy (non-hydrogen) atoms. The lowest BCUT2D eigenvalue weighted by Gasteiger charge is -2.27. The van der Waals surface area contributed by atoms with Crippen LogP contribution in [0, 0.1) is 5.92 Å². The number of benzene rings is 2. The fraction of sp³-hybridized carbons (Fsp3) is 0.368. The number of nitrogens with one attached hydrogen (secondary N) is 2. The van der Waals surface area contributed by atoms with Gasteiger partial charge >= 0.3 is 0 Å². The zero-order valence-corrected chi connectivity index (χ0v) is 16.2. The Hall–Kier alpha value is -1.11. The summed E-state index contributed by atoms with van der Waals surface area (Å²) in [5.41, 5.74) is 3.00. The first-order valence-corrected chi connectivity index (χ1v) is 9.53. The summed E-state index contributed by atoms with van der Waals surface area (Å²) in [7, 11) is 0. The zero-order valence-electron chi connectivity index (χ0n) is 13.9. The Labute approximate surface area is 161 Å². The Bertz CT molecular complexity index is 723. The van der Waals surface area contributed by atoms with Crippen LogP contribution < -0.4 is 15.4 Å². The minimum Gasteiger partial charge on any atom is -0.489 e. The lowest BCUT2D eigenvalue weighted by Crippen LogP contribution is -2.47. The van der Waals surface area contributed by atoms with Crippen molar-refractivity contribution in [2.24, 2.45) is 5.92 Å². The number of hydrogen-bond donors (Lipinski definition) is 3. The molecule has 2 aromatic rings. The average molecular weight is 426 g/mol. The molecule has 0 unspecified atom stereocenters. The number of halogens is 2. The number of ether oxygens (including phenoxy) is 1. The minimum absolute atomic E-state index is 0.00137. The van der Waals surface area contributed by atoms with Crippen molar-refractivity contribution in [3.8, 4) is 5.75 Å². The van der Waals surface area contributed by atoms with Crippen LogP contribution in [0.15, 0.2) is 40.9 Å². The van der Waals surface area contributed by atoms with Gasteiger partial charge in [-0.15, -0.1) is 0 Å². The van der Waals surface area contributed by atoms with Gasteiger partial charge in [0.1, 0.15) is 12.4 Å². The Balaban J connectivity index is 1.61. The summed E-state index contributed by atoms with van der Waals surface area (Å²) in [6.07, 6.45) is 0. The molecule has 0 atom stereocenters. The molecule has 3 rings (SSSR count). The summed E-state index contributed by atoms with van der Waals surface area (Å²) in [5, 5.41) is 16.9. The molecule has 1 aliphatic rings. The first kappa shape index (κ1) is 18.7. The van der Waals surface area contributed by atoms with Gasteiger partial charge in [0.25, 0.3) is 0 Å². The van der Waals surface area contributed by atoms with Crippen LogP contribution in [0.3, 0.4) is 0 Å². The number of aliphatic hydroxyl groups excluding tert-OH is 1. The van der Waals surface area contributed by atoms with E-state index < -0.39 is 0 Å². The summed E-state index contributed by atoms with van der Waals surface area (Å²) in [5.74, 6) is 1.48. The molecule has 1 fully saturated rings. The predicted molar refractivity (Wildman–Crippen MR) is 104 cm³/mol. The van der Waals surface area contributed by atoms with Crippen LogP contribution in [0.4, 0.5) is 0 Å². The second-order valence-corrected chi connectivity index (χ2v) is 7.61. The highest BCUT2D eigenvalue weighted by molar-refractivity contribution is 9.10. The quantitative estimate of drug-likeness (QED) is 0.606. The van der Waals surface area contributed by atoms with Crippen molar-refractivity contribution < 1.29 is 9.84 Å². The average Bonchev–Trinajstić information content (AvgIpc) is 2.56. The summed E-state index contributed by atoms with van der Waals surface area (Å²) in [4.78, 5) is 0. The number of rotatable bonds is 8. The maximum absolute atomic E-state index is 9.50. The van der Waals surface area contributed by atoms with E-state index in [-0.39, 0.29) is 6.61 Å². The molecule has 0 saturated carbocycles. The van der Waals surface area contributed by atoms with Crippen molar-refractivity contribution in [2.75, 3.05) is 19.6 Å². The molecule has 0 amide bonds. The molecule has 0 aromatic heterocycles. The normalized spacial score (nSPS) is 14.4. The maximum Gasteiger partial charge on any atom is 0.120 e. The third kappa shape index (κ3) is 5.43. The topological polar surface area (TPSA) is 53.5 Å². The van der Waals surface area contributed by atoms with E-state index in [1.54, 1.807) is 0 Å². The standard InChI is InChI=1S/C19H22BrClN2O2/c20-19-6-17(21)2-1-16(19)12-25-18-4-13(3-14(5-18)11-24)7-22-8-15-9-23-10-15/h1-6,15,22-24H,7-12H2. The highest BCUT2D eigenvalue weighted by Crippen LogP contribution is 2.24. The number of hydrogen-bond acceptors (Lipinski definition) is 4. The highest BCUT2D eigenvalue weighted by Gasteiger charge is 2.15. The van der Waals surface area contributed by atoms with Crippen LogP contribution >= 0.6 is 27.5 Å². The third-order valence-electron chi connectivity index (χ3n) is 4.25. The Morgan fingerprint density at radius 3 is 2.68 bits per heavy atom. The molecule has 6 heteroatoms. The van der Waals surface area contributed by atoms with Gasteiger partial charge in [0.15, 0.2) is 0 Å². The van der Waals surface area contributed by atoms with Crippen molar-refractivity contribution in [3.05, 3.63) is 62.6 Å². The van der Waals surface area contributed by atoms with Gasteiger partial charge in [-0.1, -0.05) is 39.7 Å². The van der Waals surface area contributed by atoms with Gasteiger partial charge in [0.2, 0.25) is 0 Å². The monoisotopic (exact) mass is 424 g/mol. The summed E-state index contributed by atoms with van der Waals surface area (Å²) >= 11 is 9.47. The van der Waals surface area contributed by atoms with E-state index in [9.17, 15) is 5.11 Å². The minimum atomic E-state index is 0.00137. The van der Waals surface area contributed by atoms with Crippen LogP contribution in [-0.2, 0) is 19.8 Å². The number of aliphatic hydroxyl groups is 1. The summed E-state index contributed by atoms with van der Waals surface area (Å²) in [6, 6.07) is 11.6. The molecule has 4 nitrogen and oxygen atoms in total. The Morgan fingerprint density at radius 1 is 1.20 bits per heavy atom. The van der Waals surface area contributed by atoms with Crippen LogP contribution in [0.25, 0.3) is 0 Å². The van der Waals surface area contributed by atoms with E-state index in [0.29, 0.717) is 11.6 Å². The Kier molecular flexibility index (Phi) is 6.73. The SMILES string of the molecule is OCc1cc(CNCC2CNC2)cc(OCc2ccc(Cl)cc2Br)c1. The largest absolute Gasteiger partial charge is 0.489 e. The van der Waals surface area contributed by atoms with Crippen LogP contribution in [0.2, 0.25) is 5.02 Å². The van der Waals surface area contributed by atoms with Crippen molar-refractivity contribution >= 4 is 27.5 Å². The van der Waals surface area contributed by atoms with Gasteiger partial charge < -0.3 is 20.5 Å². The summed E-state index contributed by atoms with van der Waals surface area (Å²) < 4.78 is 6.86. The van der Waals surface area contributed by atoms with E-state index in [1.807, 2.05) is 36.4 Å². The molecule has 2 aromatic carbocycles. The smallest absolute Gasteiger partial charge is 0.120 e. The highest BCUT2D eigenvalue weighted by atomic mass is 79.9. The van der Waals surface area contributed by atoms with Gasteiger partial charge in [0, 0.05) is 41.2 Å². The van der Waals surface area contributed by atoms with Gasteiger partial charge in [-0.05, 0) is 41.3 Å². The van der Waals surface area contributed by atoms with Gasteiger partial charge in [0.05, 0.1) is 6.61 Å². The lowest BCUT2D eigenvalue weighted by atomic mass is 10.0. The molecule has 0 bridgehead atoms. The van der Waals surface area contributed by atoms with Crippen molar-refractivity contribution in [1.29, 1.82) is 0 Å². The molecule has 134 valence electrons. The van der Waals surface area contributed by atoms with E-state index in [1.165, 1.54) is 0 Å². The lowest BCUT2D eigenvalue weighted by molar-refractivity contribution is 0.277. The van der Waals surface area contributed by atoms with Gasteiger partial charge in [-0.25, -0.2) is 0 Å². The first-order valence-electron chi connectivity index (χ1n) is 8.36. The second kappa shape index (κ2) is 9.01. The van der Waals surface area contributed by atoms with Crippen molar-refractivity contribution in [1.82, 2.24) is 10.6 Å². The first-order chi connectivity index (χ1) is 12.1.